The van der Waals surface area contributed by atoms with Gasteiger partial charge in [-0.1, -0.05) is 18.2 Å². The van der Waals surface area contributed by atoms with E-state index in [2.05, 4.69) is 27.2 Å². The number of nitrogens with zero attached hydrogens (tertiary/aromatic N) is 5. The smallest absolute Gasteiger partial charge is 0.320 e. The zero-order chi connectivity index (χ0) is 15.9. The van der Waals surface area contributed by atoms with E-state index in [0.29, 0.717) is 23.3 Å². The highest BCUT2D eigenvalue weighted by Crippen LogP contribution is 2.13. The SMILES string of the molecule is Cn1c(=O)n(Br)c(=O)c2c1ncn2Cc1ccccc1C#N. The van der Waals surface area contributed by atoms with E-state index >= 15 is 0 Å². The number of fused-ring (bicyclic) bond motifs is 1. The molecule has 0 spiro atoms. The molecule has 3 rings (SSSR count). The van der Waals surface area contributed by atoms with Crippen LogP contribution >= 0.6 is 16.1 Å². The first-order chi connectivity index (χ1) is 10.5. The number of aromatic nitrogens is 4. The van der Waals surface area contributed by atoms with E-state index in [0.717, 1.165) is 9.16 Å². The fraction of sp³-hybridized carbons (Fsp3) is 0.143. The first-order valence-electron chi connectivity index (χ1n) is 6.35. The summed E-state index contributed by atoms with van der Waals surface area (Å²) in [4.78, 5) is 28.3. The predicted octanol–water partition coefficient (Wildman–Crippen LogP) is 0.975. The lowest BCUT2D eigenvalue weighted by atomic mass is 10.1. The largest absolute Gasteiger partial charge is 0.342 e. The number of halogens is 1. The molecule has 0 atom stereocenters. The number of aryl methyl sites for hydroxylation is 1. The standard InChI is InChI=1S/C14H10BrN5O2/c1-18-12-11(13(21)20(15)14(18)22)19(8-17-12)7-10-5-3-2-4-9(10)6-16/h2-5,8H,7H2,1H3. The van der Waals surface area contributed by atoms with Crippen LogP contribution in [0.1, 0.15) is 11.1 Å². The summed E-state index contributed by atoms with van der Waals surface area (Å²) in [6.45, 7) is 0.320. The summed E-state index contributed by atoms with van der Waals surface area (Å²) in [5.41, 5.74) is 0.934. The molecule has 0 bridgehead atoms. The first-order valence-corrected chi connectivity index (χ1v) is 7.06. The molecule has 0 N–H and O–H groups in total. The van der Waals surface area contributed by atoms with Crippen LogP contribution in [0.2, 0.25) is 0 Å². The predicted molar refractivity (Wildman–Crippen MR) is 83.8 cm³/mol. The maximum absolute atomic E-state index is 12.3. The Morgan fingerprint density at radius 2 is 2.05 bits per heavy atom. The van der Waals surface area contributed by atoms with E-state index in [1.165, 1.54) is 10.9 Å². The van der Waals surface area contributed by atoms with Gasteiger partial charge in [0.1, 0.15) is 0 Å². The molecule has 7 nitrogen and oxygen atoms in total. The number of rotatable bonds is 2. The van der Waals surface area contributed by atoms with Gasteiger partial charge >= 0.3 is 5.69 Å². The molecule has 2 aromatic heterocycles. The molecule has 0 saturated heterocycles. The summed E-state index contributed by atoms with van der Waals surface area (Å²) in [7, 11) is 1.54. The molecular formula is C14H10BrN5O2. The van der Waals surface area contributed by atoms with Crippen molar-refractivity contribution in [3.05, 3.63) is 62.6 Å². The van der Waals surface area contributed by atoms with Gasteiger partial charge in [-0.05, 0) is 11.6 Å². The van der Waals surface area contributed by atoms with Gasteiger partial charge in [0.25, 0.3) is 5.56 Å². The molecule has 22 heavy (non-hydrogen) atoms. The third-order valence-electron chi connectivity index (χ3n) is 3.45. The fourth-order valence-electron chi connectivity index (χ4n) is 2.31. The molecule has 0 saturated carbocycles. The van der Waals surface area contributed by atoms with E-state index in [1.54, 1.807) is 23.7 Å². The fourth-order valence-corrected chi connectivity index (χ4v) is 2.71. The summed E-state index contributed by atoms with van der Waals surface area (Å²) in [5, 5.41) is 9.15. The summed E-state index contributed by atoms with van der Waals surface area (Å²) in [6.07, 6.45) is 1.49. The molecule has 2 heterocycles. The number of benzene rings is 1. The minimum atomic E-state index is -0.500. The topological polar surface area (TPSA) is 85.6 Å². The molecule has 8 heteroatoms. The third kappa shape index (κ3) is 2.07. The Morgan fingerprint density at radius 1 is 1.32 bits per heavy atom. The van der Waals surface area contributed by atoms with Gasteiger partial charge in [0.05, 0.1) is 40.7 Å². The summed E-state index contributed by atoms with van der Waals surface area (Å²) >= 11 is 2.96. The van der Waals surface area contributed by atoms with Gasteiger partial charge in [-0.25, -0.2) is 9.78 Å². The van der Waals surface area contributed by atoms with Crippen molar-refractivity contribution in [1.82, 2.24) is 17.7 Å². The average Bonchev–Trinajstić information content (AvgIpc) is 2.95. The van der Waals surface area contributed by atoms with E-state index < -0.39 is 11.2 Å². The van der Waals surface area contributed by atoms with E-state index in [9.17, 15) is 9.59 Å². The molecule has 110 valence electrons. The lowest BCUT2D eigenvalue weighted by Crippen LogP contribution is -2.34. The second kappa shape index (κ2) is 5.27. The van der Waals surface area contributed by atoms with Crippen LogP contribution in [0.25, 0.3) is 11.2 Å². The quantitative estimate of drug-likeness (QED) is 0.682. The molecule has 1 aromatic carbocycles. The first kappa shape index (κ1) is 14.3. The van der Waals surface area contributed by atoms with Crippen LogP contribution in [-0.2, 0) is 13.6 Å². The normalized spacial score (nSPS) is 10.8. The highest BCUT2D eigenvalue weighted by Gasteiger charge is 2.15. The van der Waals surface area contributed by atoms with Gasteiger partial charge in [0, 0.05) is 7.05 Å². The van der Waals surface area contributed by atoms with Crippen LogP contribution in [0, 0.1) is 11.3 Å². The summed E-state index contributed by atoms with van der Waals surface area (Å²) in [6, 6.07) is 9.26. The maximum Gasteiger partial charge on any atom is 0.342 e. The Kier molecular flexibility index (Phi) is 3.42. The van der Waals surface area contributed by atoms with Gasteiger partial charge in [-0.15, -0.1) is 0 Å². The van der Waals surface area contributed by atoms with Crippen LogP contribution in [0.3, 0.4) is 0 Å². The zero-order valence-corrected chi connectivity index (χ0v) is 13.1. The second-order valence-corrected chi connectivity index (χ2v) is 5.45. The Bertz CT molecular complexity index is 1040. The van der Waals surface area contributed by atoms with Gasteiger partial charge in [0.2, 0.25) is 0 Å². The Balaban J connectivity index is 2.24. The van der Waals surface area contributed by atoms with Gasteiger partial charge in [0.15, 0.2) is 11.2 Å². The van der Waals surface area contributed by atoms with Gasteiger partial charge in [-0.2, -0.15) is 8.86 Å². The molecule has 0 amide bonds. The van der Waals surface area contributed by atoms with Crippen molar-refractivity contribution < 1.29 is 0 Å². The highest BCUT2D eigenvalue weighted by atomic mass is 79.9. The van der Waals surface area contributed by atoms with Crippen molar-refractivity contribution in [2.45, 2.75) is 6.54 Å². The number of hydrogen-bond donors (Lipinski definition) is 0. The Labute approximate surface area is 133 Å². The van der Waals surface area contributed by atoms with E-state index in [-0.39, 0.29) is 0 Å². The van der Waals surface area contributed by atoms with Crippen molar-refractivity contribution in [2.24, 2.45) is 7.05 Å². The average molecular weight is 360 g/mol. The molecule has 3 aromatic rings. The van der Waals surface area contributed by atoms with E-state index in [1.807, 2.05) is 12.1 Å². The molecule has 0 unspecified atom stereocenters. The lowest BCUT2D eigenvalue weighted by molar-refractivity contribution is 0.796. The van der Waals surface area contributed by atoms with Crippen LogP contribution in [-0.4, -0.2) is 17.7 Å². The van der Waals surface area contributed by atoms with Gasteiger partial charge in [-0.3, -0.25) is 9.36 Å². The van der Waals surface area contributed by atoms with Crippen LogP contribution < -0.4 is 11.2 Å². The van der Waals surface area contributed by atoms with Crippen molar-refractivity contribution >= 4 is 27.3 Å². The Hall–Kier alpha value is -2.66. The Morgan fingerprint density at radius 3 is 2.77 bits per heavy atom. The zero-order valence-electron chi connectivity index (χ0n) is 11.5. The summed E-state index contributed by atoms with van der Waals surface area (Å²) < 4.78 is 3.78. The molecule has 0 fully saturated rings. The van der Waals surface area contributed by atoms with Gasteiger partial charge < -0.3 is 4.57 Å². The van der Waals surface area contributed by atoms with E-state index in [4.69, 9.17) is 5.26 Å². The lowest BCUT2D eigenvalue weighted by Gasteiger charge is -2.07. The number of hydrogen-bond acceptors (Lipinski definition) is 4. The monoisotopic (exact) mass is 359 g/mol. The third-order valence-corrected chi connectivity index (χ3v) is 4.08. The van der Waals surface area contributed by atoms with Crippen molar-refractivity contribution in [3.63, 3.8) is 0 Å². The molecule has 0 radical (unpaired) electrons. The number of imidazole rings is 1. The van der Waals surface area contributed by atoms with Crippen LogP contribution in [0.5, 0.6) is 0 Å². The molecule has 0 aliphatic rings. The molecule has 0 aliphatic carbocycles. The van der Waals surface area contributed by atoms with Crippen LogP contribution in [0.4, 0.5) is 0 Å². The number of nitriles is 1. The maximum atomic E-state index is 12.3. The van der Waals surface area contributed by atoms with Crippen molar-refractivity contribution in [2.75, 3.05) is 0 Å². The second-order valence-electron chi connectivity index (χ2n) is 4.74. The minimum Gasteiger partial charge on any atom is -0.320 e. The van der Waals surface area contributed by atoms with Crippen molar-refractivity contribution in [1.29, 1.82) is 5.26 Å². The summed E-state index contributed by atoms with van der Waals surface area (Å²) in [5.74, 6) is 0. The van der Waals surface area contributed by atoms with Crippen LogP contribution in [0.15, 0.2) is 40.2 Å². The molecular weight excluding hydrogens is 350 g/mol. The highest BCUT2D eigenvalue weighted by molar-refractivity contribution is 9.08. The van der Waals surface area contributed by atoms with Crippen molar-refractivity contribution in [3.8, 4) is 6.07 Å². The molecule has 0 aliphatic heterocycles. The minimum absolute atomic E-state index is 0.298.